The van der Waals surface area contributed by atoms with Crippen LogP contribution < -0.4 is 0 Å². The zero-order chi connectivity index (χ0) is 8.27. The molecule has 0 unspecified atom stereocenters. The number of aliphatic hydroxyl groups excluding tert-OH is 1. The van der Waals surface area contributed by atoms with E-state index in [9.17, 15) is 4.21 Å². The van der Waals surface area contributed by atoms with Crippen LogP contribution in [0.25, 0.3) is 0 Å². The van der Waals surface area contributed by atoms with Gasteiger partial charge in [-0.15, -0.1) is 0 Å². The van der Waals surface area contributed by atoms with Crippen molar-refractivity contribution >= 4 is 10.8 Å². The Balaban J connectivity index is 2.91. The molecule has 0 amide bonds. The summed E-state index contributed by atoms with van der Waals surface area (Å²) in [6.45, 7) is 0.0383. The van der Waals surface area contributed by atoms with E-state index in [0.717, 1.165) is 10.5 Å². The van der Waals surface area contributed by atoms with Gasteiger partial charge in [0, 0.05) is 22.0 Å². The fourth-order valence-electron chi connectivity index (χ4n) is 0.787. The standard InChI is InChI=1S/C8H10O2S/c1-11(10)8-4-2-7(6-9)3-5-8/h2-5,9H,6H2,1H3/t11-/m0/s1. The summed E-state index contributed by atoms with van der Waals surface area (Å²) in [7, 11) is -0.921. The van der Waals surface area contributed by atoms with Crippen LogP contribution in [0.2, 0.25) is 0 Å². The highest BCUT2D eigenvalue weighted by atomic mass is 32.2. The summed E-state index contributed by atoms with van der Waals surface area (Å²) in [5.74, 6) is 0. The van der Waals surface area contributed by atoms with Gasteiger partial charge in [0.15, 0.2) is 0 Å². The van der Waals surface area contributed by atoms with Gasteiger partial charge in [-0.3, -0.25) is 4.21 Å². The van der Waals surface area contributed by atoms with E-state index >= 15 is 0 Å². The van der Waals surface area contributed by atoms with Gasteiger partial charge >= 0.3 is 0 Å². The van der Waals surface area contributed by atoms with Crippen molar-refractivity contribution in [3.63, 3.8) is 0 Å². The van der Waals surface area contributed by atoms with Crippen molar-refractivity contribution in [2.45, 2.75) is 11.5 Å². The zero-order valence-electron chi connectivity index (χ0n) is 6.28. The van der Waals surface area contributed by atoms with Gasteiger partial charge < -0.3 is 5.11 Å². The Hall–Kier alpha value is -0.670. The van der Waals surface area contributed by atoms with Crippen LogP contribution in [0.1, 0.15) is 5.56 Å². The molecule has 60 valence electrons. The molecule has 0 aliphatic heterocycles. The fraction of sp³-hybridized carbons (Fsp3) is 0.250. The Morgan fingerprint density at radius 3 is 2.27 bits per heavy atom. The van der Waals surface area contributed by atoms with Gasteiger partial charge in [0.25, 0.3) is 0 Å². The van der Waals surface area contributed by atoms with Crippen LogP contribution in [0.3, 0.4) is 0 Å². The zero-order valence-corrected chi connectivity index (χ0v) is 7.10. The maximum Gasteiger partial charge on any atom is 0.0681 e. The third-order valence-electron chi connectivity index (χ3n) is 1.44. The lowest BCUT2D eigenvalue weighted by atomic mass is 10.2. The maximum absolute atomic E-state index is 10.9. The molecule has 0 radical (unpaired) electrons. The summed E-state index contributed by atoms with van der Waals surface area (Å²) in [5, 5.41) is 8.69. The third kappa shape index (κ3) is 2.13. The van der Waals surface area contributed by atoms with Crippen LogP contribution in [0.15, 0.2) is 29.2 Å². The van der Waals surface area contributed by atoms with Crippen LogP contribution >= 0.6 is 0 Å². The van der Waals surface area contributed by atoms with Gasteiger partial charge in [-0.25, -0.2) is 0 Å². The summed E-state index contributed by atoms with van der Waals surface area (Å²) >= 11 is 0. The summed E-state index contributed by atoms with van der Waals surface area (Å²) in [5.41, 5.74) is 0.846. The molecule has 1 rings (SSSR count). The van der Waals surface area contributed by atoms with Crippen LogP contribution in [0, 0.1) is 0 Å². The predicted octanol–water partition coefficient (Wildman–Crippen LogP) is 0.916. The molecule has 0 saturated carbocycles. The summed E-state index contributed by atoms with van der Waals surface area (Å²) in [6, 6.07) is 7.08. The van der Waals surface area contributed by atoms with E-state index < -0.39 is 10.8 Å². The van der Waals surface area contributed by atoms with Crippen LogP contribution in [0.4, 0.5) is 0 Å². The van der Waals surface area contributed by atoms with Gasteiger partial charge in [-0.2, -0.15) is 0 Å². The maximum atomic E-state index is 10.9. The van der Waals surface area contributed by atoms with Crippen molar-refractivity contribution in [3.8, 4) is 0 Å². The van der Waals surface area contributed by atoms with E-state index in [1.165, 1.54) is 0 Å². The Bertz CT molecular complexity index is 253. The molecule has 11 heavy (non-hydrogen) atoms. The lowest BCUT2D eigenvalue weighted by Crippen LogP contribution is -1.88. The molecule has 1 N–H and O–H groups in total. The van der Waals surface area contributed by atoms with Gasteiger partial charge in [0.05, 0.1) is 6.61 Å². The van der Waals surface area contributed by atoms with Crippen molar-refractivity contribution in [1.29, 1.82) is 0 Å². The van der Waals surface area contributed by atoms with Crippen LogP contribution in [-0.4, -0.2) is 15.6 Å². The number of rotatable bonds is 2. The van der Waals surface area contributed by atoms with Crippen molar-refractivity contribution in [2.75, 3.05) is 6.26 Å². The van der Waals surface area contributed by atoms with Crippen molar-refractivity contribution in [2.24, 2.45) is 0 Å². The van der Waals surface area contributed by atoms with E-state index in [4.69, 9.17) is 5.11 Å². The molecule has 0 spiro atoms. The van der Waals surface area contributed by atoms with Gasteiger partial charge in [-0.05, 0) is 17.7 Å². The van der Waals surface area contributed by atoms with E-state index in [2.05, 4.69) is 0 Å². The van der Waals surface area contributed by atoms with Gasteiger partial charge in [0.2, 0.25) is 0 Å². The Labute approximate surface area is 68.3 Å². The Kier molecular flexibility index (Phi) is 2.79. The second-order valence-electron chi connectivity index (χ2n) is 2.26. The fourth-order valence-corrected chi connectivity index (χ4v) is 1.31. The molecule has 0 aliphatic carbocycles. The van der Waals surface area contributed by atoms with Crippen LogP contribution in [0.5, 0.6) is 0 Å². The molecular weight excluding hydrogens is 160 g/mol. The molecule has 1 aromatic carbocycles. The minimum atomic E-state index is -0.921. The molecule has 1 aromatic rings. The highest BCUT2D eigenvalue weighted by Crippen LogP contribution is 2.06. The monoisotopic (exact) mass is 170 g/mol. The Morgan fingerprint density at radius 2 is 1.91 bits per heavy atom. The lowest BCUT2D eigenvalue weighted by molar-refractivity contribution is 0.282. The minimum absolute atomic E-state index is 0.0383. The first kappa shape index (κ1) is 8.43. The molecule has 3 heteroatoms. The number of hydrogen-bond donors (Lipinski definition) is 1. The largest absolute Gasteiger partial charge is 0.392 e. The molecule has 1 atom stereocenters. The van der Waals surface area contributed by atoms with Gasteiger partial charge in [-0.1, -0.05) is 12.1 Å². The lowest BCUT2D eigenvalue weighted by Gasteiger charge is -1.97. The van der Waals surface area contributed by atoms with E-state index in [0.29, 0.717) is 0 Å². The van der Waals surface area contributed by atoms with E-state index in [1.807, 2.05) is 0 Å². The second kappa shape index (κ2) is 3.64. The third-order valence-corrected chi connectivity index (χ3v) is 2.37. The SMILES string of the molecule is C[S@](=O)c1ccc(CO)cc1. The molecular formula is C8H10O2S. The minimum Gasteiger partial charge on any atom is -0.392 e. The predicted molar refractivity (Wildman–Crippen MR) is 44.7 cm³/mol. The molecule has 0 aliphatic rings. The first-order valence-corrected chi connectivity index (χ1v) is 4.83. The Morgan fingerprint density at radius 1 is 1.36 bits per heavy atom. The number of benzene rings is 1. The van der Waals surface area contributed by atoms with Crippen LogP contribution in [-0.2, 0) is 17.4 Å². The molecule has 0 bridgehead atoms. The molecule has 0 heterocycles. The van der Waals surface area contributed by atoms with Crippen molar-refractivity contribution in [3.05, 3.63) is 29.8 Å². The normalized spacial score (nSPS) is 12.9. The first-order chi connectivity index (χ1) is 5.24. The summed E-state index contributed by atoms with van der Waals surface area (Å²) in [4.78, 5) is 0.794. The number of hydrogen-bond acceptors (Lipinski definition) is 2. The molecule has 0 fully saturated rings. The van der Waals surface area contributed by atoms with E-state index in [-0.39, 0.29) is 6.61 Å². The highest BCUT2D eigenvalue weighted by molar-refractivity contribution is 7.84. The quantitative estimate of drug-likeness (QED) is 0.716. The molecule has 2 nitrogen and oxygen atoms in total. The second-order valence-corrected chi connectivity index (χ2v) is 3.64. The topological polar surface area (TPSA) is 37.3 Å². The molecule has 0 saturated heterocycles. The molecule has 0 aromatic heterocycles. The van der Waals surface area contributed by atoms with Crippen molar-refractivity contribution < 1.29 is 9.32 Å². The average molecular weight is 170 g/mol. The van der Waals surface area contributed by atoms with Crippen molar-refractivity contribution in [1.82, 2.24) is 0 Å². The first-order valence-electron chi connectivity index (χ1n) is 3.27. The van der Waals surface area contributed by atoms with Gasteiger partial charge in [0.1, 0.15) is 0 Å². The smallest absolute Gasteiger partial charge is 0.0681 e. The average Bonchev–Trinajstić information content (AvgIpc) is 2.05. The highest BCUT2D eigenvalue weighted by Gasteiger charge is 1.95. The summed E-state index contributed by atoms with van der Waals surface area (Å²) < 4.78 is 10.9. The van der Waals surface area contributed by atoms with E-state index in [1.54, 1.807) is 30.5 Å². The summed E-state index contributed by atoms with van der Waals surface area (Å²) in [6.07, 6.45) is 1.63. The number of aliphatic hydroxyl groups is 1.